The maximum atomic E-state index is 11.5. The number of anilines is 1. The molecule has 0 spiro atoms. The molecular weight excluding hydrogens is 268 g/mol. The molecule has 5 nitrogen and oxygen atoms in total. The van der Waals surface area contributed by atoms with Gasteiger partial charge in [0.15, 0.2) is 0 Å². The number of esters is 1. The van der Waals surface area contributed by atoms with Crippen molar-refractivity contribution in [2.45, 2.75) is 6.42 Å². The fraction of sp³-hybridized carbons (Fsp3) is 0.125. The summed E-state index contributed by atoms with van der Waals surface area (Å²) < 4.78 is 10.4. The summed E-state index contributed by atoms with van der Waals surface area (Å²) in [5.74, 6) is 0.498. The highest BCUT2D eigenvalue weighted by Crippen LogP contribution is 2.27. The second-order valence-corrected chi connectivity index (χ2v) is 4.34. The summed E-state index contributed by atoms with van der Waals surface area (Å²) in [6.07, 6.45) is 3.88. The Morgan fingerprint density at radius 2 is 2.19 bits per heavy atom. The van der Waals surface area contributed by atoms with Crippen molar-refractivity contribution in [3.8, 4) is 11.6 Å². The van der Waals surface area contributed by atoms with Crippen LogP contribution in [-0.4, -0.2) is 18.1 Å². The molecule has 0 fully saturated rings. The van der Waals surface area contributed by atoms with E-state index in [1.807, 2.05) is 6.07 Å². The van der Waals surface area contributed by atoms with Crippen molar-refractivity contribution in [2.75, 3.05) is 12.8 Å². The third-order valence-electron chi connectivity index (χ3n) is 2.82. The first kappa shape index (κ1) is 14.6. The zero-order valence-corrected chi connectivity index (χ0v) is 11.7. The minimum Gasteiger partial charge on any atom is -0.465 e. The number of methoxy groups -OCH3 is 1. The lowest BCUT2D eigenvalue weighted by molar-refractivity contribution is 0.0600. The van der Waals surface area contributed by atoms with Crippen LogP contribution in [-0.2, 0) is 11.2 Å². The first-order chi connectivity index (χ1) is 10.1. The van der Waals surface area contributed by atoms with Crippen LogP contribution in [0.15, 0.2) is 49.2 Å². The van der Waals surface area contributed by atoms with Crippen molar-refractivity contribution in [2.24, 2.45) is 0 Å². The van der Waals surface area contributed by atoms with E-state index in [0.717, 1.165) is 5.56 Å². The minimum atomic E-state index is -0.439. The van der Waals surface area contributed by atoms with Gasteiger partial charge in [0.25, 0.3) is 0 Å². The molecule has 0 bridgehead atoms. The molecule has 0 aliphatic rings. The van der Waals surface area contributed by atoms with E-state index >= 15 is 0 Å². The van der Waals surface area contributed by atoms with Crippen molar-refractivity contribution < 1.29 is 14.3 Å². The highest BCUT2D eigenvalue weighted by molar-refractivity contribution is 5.89. The number of pyridine rings is 1. The number of benzene rings is 1. The predicted molar refractivity (Wildman–Crippen MR) is 80.4 cm³/mol. The minimum absolute atomic E-state index is 0.313. The van der Waals surface area contributed by atoms with Gasteiger partial charge in [-0.3, -0.25) is 0 Å². The summed E-state index contributed by atoms with van der Waals surface area (Å²) in [4.78, 5) is 15.6. The quantitative estimate of drug-likeness (QED) is 0.519. The van der Waals surface area contributed by atoms with Crippen LogP contribution in [0.4, 0.5) is 5.69 Å². The average Bonchev–Trinajstić information content (AvgIpc) is 2.50. The molecule has 108 valence electrons. The van der Waals surface area contributed by atoms with Gasteiger partial charge >= 0.3 is 5.97 Å². The van der Waals surface area contributed by atoms with Crippen LogP contribution in [0.5, 0.6) is 11.6 Å². The van der Waals surface area contributed by atoms with Gasteiger partial charge in [0.2, 0.25) is 5.88 Å². The molecule has 0 aliphatic carbocycles. The van der Waals surface area contributed by atoms with E-state index < -0.39 is 5.97 Å². The molecule has 0 radical (unpaired) electrons. The normalized spacial score (nSPS) is 9.95. The van der Waals surface area contributed by atoms with Crippen molar-refractivity contribution in [3.63, 3.8) is 0 Å². The Morgan fingerprint density at radius 3 is 2.90 bits per heavy atom. The molecule has 2 aromatic rings. The third-order valence-corrected chi connectivity index (χ3v) is 2.82. The van der Waals surface area contributed by atoms with E-state index in [0.29, 0.717) is 29.3 Å². The number of ether oxygens (including phenoxy) is 2. The van der Waals surface area contributed by atoms with Gasteiger partial charge in [-0.2, -0.15) is 0 Å². The molecule has 0 amide bonds. The van der Waals surface area contributed by atoms with E-state index in [2.05, 4.69) is 16.3 Å². The molecule has 2 rings (SSSR count). The molecule has 0 aliphatic heterocycles. The molecule has 1 aromatic heterocycles. The number of hydrogen-bond donors (Lipinski definition) is 1. The zero-order valence-electron chi connectivity index (χ0n) is 11.7. The fourth-order valence-corrected chi connectivity index (χ4v) is 1.84. The van der Waals surface area contributed by atoms with E-state index in [9.17, 15) is 4.79 Å². The van der Waals surface area contributed by atoms with Gasteiger partial charge in [-0.05, 0) is 30.7 Å². The Kier molecular flexibility index (Phi) is 4.56. The lowest BCUT2D eigenvalue weighted by Gasteiger charge is -2.10. The summed E-state index contributed by atoms with van der Waals surface area (Å²) in [5, 5.41) is 0. The van der Waals surface area contributed by atoms with Gasteiger partial charge in [-0.15, -0.1) is 6.58 Å². The van der Waals surface area contributed by atoms with Gasteiger partial charge in [0.1, 0.15) is 5.75 Å². The number of carbonyl (C=O) groups is 1. The first-order valence-electron chi connectivity index (χ1n) is 6.35. The van der Waals surface area contributed by atoms with Gasteiger partial charge in [0.05, 0.1) is 12.7 Å². The number of nitrogens with zero attached hydrogens (tertiary/aromatic N) is 1. The Balaban J connectivity index is 2.29. The fourth-order valence-electron chi connectivity index (χ4n) is 1.84. The van der Waals surface area contributed by atoms with Crippen molar-refractivity contribution in [1.29, 1.82) is 0 Å². The zero-order chi connectivity index (χ0) is 15.2. The SMILES string of the molecule is C=CCc1cc(N)ccc1Oc1cc(C(=O)OC)ccn1. The Bertz CT molecular complexity index is 668. The third kappa shape index (κ3) is 3.60. The number of hydrogen-bond acceptors (Lipinski definition) is 5. The molecule has 5 heteroatoms. The van der Waals surface area contributed by atoms with Crippen LogP contribution in [0.3, 0.4) is 0 Å². The topological polar surface area (TPSA) is 74.4 Å². The van der Waals surface area contributed by atoms with Crippen LogP contribution in [0.25, 0.3) is 0 Å². The summed E-state index contributed by atoms with van der Waals surface area (Å²) in [6.45, 7) is 3.71. The van der Waals surface area contributed by atoms with Gasteiger partial charge in [-0.1, -0.05) is 6.08 Å². The number of nitrogen functional groups attached to an aromatic ring is 1. The van der Waals surface area contributed by atoms with Crippen molar-refractivity contribution in [3.05, 3.63) is 60.3 Å². The Labute approximate surface area is 123 Å². The lowest BCUT2D eigenvalue weighted by Crippen LogP contribution is -2.02. The summed E-state index contributed by atoms with van der Waals surface area (Å²) in [5.41, 5.74) is 7.69. The number of allylic oxidation sites excluding steroid dienone is 1. The van der Waals surface area contributed by atoms with Crippen LogP contribution in [0.1, 0.15) is 15.9 Å². The average molecular weight is 284 g/mol. The van der Waals surface area contributed by atoms with Crippen LogP contribution >= 0.6 is 0 Å². The lowest BCUT2D eigenvalue weighted by atomic mass is 10.1. The summed E-state index contributed by atoms with van der Waals surface area (Å²) in [7, 11) is 1.32. The van der Waals surface area contributed by atoms with Crippen LogP contribution in [0.2, 0.25) is 0 Å². The van der Waals surface area contributed by atoms with Gasteiger partial charge in [-0.25, -0.2) is 9.78 Å². The molecular formula is C16H16N2O3. The van der Waals surface area contributed by atoms with Crippen molar-refractivity contribution in [1.82, 2.24) is 4.98 Å². The number of carbonyl (C=O) groups excluding carboxylic acids is 1. The monoisotopic (exact) mass is 284 g/mol. The standard InChI is InChI=1S/C16H16N2O3/c1-3-4-11-9-13(17)5-6-14(11)21-15-10-12(7-8-18-15)16(19)20-2/h3,5-10H,1,4,17H2,2H3. The van der Waals surface area contributed by atoms with E-state index in [1.54, 1.807) is 24.3 Å². The highest BCUT2D eigenvalue weighted by atomic mass is 16.5. The molecule has 0 saturated heterocycles. The molecule has 1 heterocycles. The first-order valence-corrected chi connectivity index (χ1v) is 6.35. The second kappa shape index (κ2) is 6.56. The molecule has 1 aromatic carbocycles. The maximum absolute atomic E-state index is 11.5. The largest absolute Gasteiger partial charge is 0.465 e. The van der Waals surface area contributed by atoms with Gasteiger partial charge in [0, 0.05) is 23.5 Å². The molecule has 21 heavy (non-hydrogen) atoms. The predicted octanol–water partition coefficient (Wildman–Crippen LogP) is 2.97. The molecule has 0 saturated carbocycles. The number of rotatable bonds is 5. The maximum Gasteiger partial charge on any atom is 0.338 e. The van der Waals surface area contributed by atoms with Crippen LogP contribution in [0, 0.1) is 0 Å². The Hall–Kier alpha value is -2.82. The van der Waals surface area contributed by atoms with E-state index in [1.165, 1.54) is 19.4 Å². The Morgan fingerprint density at radius 1 is 1.38 bits per heavy atom. The van der Waals surface area contributed by atoms with E-state index in [-0.39, 0.29) is 0 Å². The van der Waals surface area contributed by atoms with Crippen LogP contribution < -0.4 is 10.5 Å². The van der Waals surface area contributed by atoms with Gasteiger partial charge < -0.3 is 15.2 Å². The number of nitrogens with two attached hydrogens (primary N) is 1. The highest BCUT2D eigenvalue weighted by Gasteiger charge is 2.10. The molecule has 0 unspecified atom stereocenters. The molecule has 0 atom stereocenters. The summed E-state index contributed by atoms with van der Waals surface area (Å²) in [6, 6.07) is 8.42. The smallest absolute Gasteiger partial charge is 0.338 e. The number of aromatic nitrogens is 1. The van der Waals surface area contributed by atoms with Crippen molar-refractivity contribution >= 4 is 11.7 Å². The van der Waals surface area contributed by atoms with E-state index in [4.69, 9.17) is 10.5 Å². The summed E-state index contributed by atoms with van der Waals surface area (Å²) >= 11 is 0. The second-order valence-electron chi connectivity index (χ2n) is 4.34. The molecule has 2 N–H and O–H groups in total.